The van der Waals surface area contributed by atoms with Gasteiger partial charge in [-0.3, -0.25) is 9.59 Å². The van der Waals surface area contributed by atoms with Gasteiger partial charge >= 0.3 is 5.97 Å². The highest BCUT2D eigenvalue weighted by molar-refractivity contribution is 6.01. The van der Waals surface area contributed by atoms with Crippen LogP contribution in [0.1, 0.15) is 29.2 Å². The Labute approximate surface area is 113 Å². The first-order valence-electron chi connectivity index (χ1n) is 6.24. The van der Waals surface area contributed by atoms with Crippen molar-refractivity contribution in [1.29, 1.82) is 0 Å². The van der Waals surface area contributed by atoms with Crippen LogP contribution >= 0.6 is 0 Å². The van der Waals surface area contributed by atoms with Crippen molar-refractivity contribution in [3.05, 3.63) is 34.4 Å². The Morgan fingerprint density at radius 1 is 1.21 bits per heavy atom. The van der Waals surface area contributed by atoms with Gasteiger partial charge in [-0.25, -0.2) is 0 Å². The summed E-state index contributed by atoms with van der Waals surface area (Å²) in [7, 11) is 1.46. The van der Waals surface area contributed by atoms with Crippen LogP contribution in [0.4, 0.5) is 0 Å². The third kappa shape index (κ3) is 2.95. The van der Waals surface area contributed by atoms with E-state index in [1.807, 2.05) is 32.9 Å². The maximum absolute atomic E-state index is 11.9. The molecule has 0 saturated heterocycles. The standard InChI is InChI=1S/C15H21NO3/c1-9-6-10(2)12(11(3)7-9)8-15(4,14(18)19)13(17)16-5/h6-7H,8H2,1-5H3,(H,16,17)(H,18,19). The number of aryl methyl sites for hydroxylation is 3. The molecule has 0 aromatic heterocycles. The minimum absolute atomic E-state index is 0.194. The molecule has 0 bridgehead atoms. The highest BCUT2D eigenvalue weighted by Crippen LogP contribution is 2.28. The van der Waals surface area contributed by atoms with E-state index < -0.39 is 17.3 Å². The number of rotatable bonds is 4. The fourth-order valence-electron chi connectivity index (χ4n) is 2.37. The molecule has 104 valence electrons. The van der Waals surface area contributed by atoms with Crippen LogP contribution in [0.25, 0.3) is 0 Å². The average molecular weight is 263 g/mol. The molecule has 0 heterocycles. The summed E-state index contributed by atoms with van der Waals surface area (Å²) in [6.45, 7) is 7.36. The molecule has 1 amide bonds. The van der Waals surface area contributed by atoms with Gasteiger partial charge in [-0.2, -0.15) is 0 Å². The SMILES string of the molecule is CNC(=O)C(C)(Cc1c(C)cc(C)cc1C)C(=O)O. The lowest BCUT2D eigenvalue weighted by atomic mass is 9.80. The molecule has 4 nitrogen and oxygen atoms in total. The zero-order chi connectivity index (χ0) is 14.8. The molecule has 1 aromatic rings. The summed E-state index contributed by atoms with van der Waals surface area (Å²) in [6.07, 6.45) is 0.194. The summed E-state index contributed by atoms with van der Waals surface area (Å²) in [5, 5.41) is 11.8. The number of carbonyl (C=O) groups excluding carboxylic acids is 1. The average Bonchev–Trinajstić information content (AvgIpc) is 2.32. The monoisotopic (exact) mass is 263 g/mol. The van der Waals surface area contributed by atoms with Crippen LogP contribution < -0.4 is 5.32 Å². The second-order valence-electron chi connectivity index (χ2n) is 5.27. The molecule has 0 fully saturated rings. The van der Waals surface area contributed by atoms with Crippen molar-refractivity contribution in [2.75, 3.05) is 7.05 Å². The topological polar surface area (TPSA) is 66.4 Å². The lowest BCUT2D eigenvalue weighted by Gasteiger charge is -2.25. The highest BCUT2D eigenvalue weighted by Gasteiger charge is 2.41. The molecule has 1 rings (SSSR count). The molecule has 1 unspecified atom stereocenters. The van der Waals surface area contributed by atoms with E-state index >= 15 is 0 Å². The van der Waals surface area contributed by atoms with Crippen molar-refractivity contribution in [3.63, 3.8) is 0 Å². The number of benzene rings is 1. The number of nitrogens with one attached hydrogen (secondary N) is 1. The number of carboxylic acids is 1. The molecule has 0 radical (unpaired) electrons. The maximum Gasteiger partial charge on any atom is 0.319 e. The van der Waals surface area contributed by atoms with Crippen LogP contribution in [0, 0.1) is 26.2 Å². The van der Waals surface area contributed by atoms with E-state index in [1.165, 1.54) is 14.0 Å². The van der Waals surface area contributed by atoms with Crippen molar-refractivity contribution in [2.45, 2.75) is 34.1 Å². The Hall–Kier alpha value is -1.84. The van der Waals surface area contributed by atoms with Crippen molar-refractivity contribution in [1.82, 2.24) is 5.32 Å². The minimum atomic E-state index is -1.44. The maximum atomic E-state index is 11.9. The van der Waals surface area contributed by atoms with Crippen LogP contribution in [-0.4, -0.2) is 24.0 Å². The molecule has 1 atom stereocenters. The number of aliphatic carboxylic acids is 1. The normalized spacial score (nSPS) is 13.7. The van der Waals surface area contributed by atoms with E-state index in [2.05, 4.69) is 5.32 Å². The molecular formula is C15H21NO3. The molecule has 0 aliphatic rings. The number of hydrogen-bond donors (Lipinski definition) is 2. The van der Waals surface area contributed by atoms with Crippen LogP contribution in [0.2, 0.25) is 0 Å². The molecule has 0 saturated carbocycles. The summed E-state index contributed by atoms with van der Waals surface area (Å²) in [4.78, 5) is 23.3. The lowest BCUT2D eigenvalue weighted by Crippen LogP contribution is -2.45. The lowest BCUT2D eigenvalue weighted by molar-refractivity contribution is -0.154. The summed E-state index contributed by atoms with van der Waals surface area (Å²) < 4.78 is 0. The number of hydrogen-bond acceptors (Lipinski definition) is 2. The van der Waals surface area contributed by atoms with E-state index in [-0.39, 0.29) is 6.42 Å². The summed E-state index contributed by atoms with van der Waals surface area (Å²) in [5.41, 5.74) is 2.66. The predicted molar refractivity (Wildman–Crippen MR) is 74.2 cm³/mol. The van der Waals surface area contributed by atoms with Gasteiger partial charge < -0.3 is 10.4 Å². The van der Waals surface area contributed by atoms with Crippen molar-refractivity contribution >= 4 is 11.9 Å². The predicted octanol–water partition coefficient (Wildman–Crippen LogP) is 1.99. The molecule has 0 spiro atoms. The van der Waals surface area contributed by atoms with Crippen LogP contribution in [0.3, 0.4) is 0 Å². The first kappa shape index (κ1) is 15.2. The van der Waals surface area contributed by atoms with Gasteiger partial charge in [-0.1, -0.05) is 17.7 Å². The third-order valence-corrected chi connectivity index (χ3v) is 3.57. The summed E-state index contributed by atoms with van der Waals surface area (Å²) >= 11 is 0. The Morgan fingerprint density at radius 3 is 2.05 bits per heavy atom. The molecular weight excluding hydrogens is 242 g/mol. The van der Waals surface area contributed by atoms with Gasteiger partial charge in [-0.05, 0) is 50.8 Å². The Balaban J connectivity index is 3.26. The third-order valence-electron chi connectivity index (χ3n) is 3.57. The van der Waals surface area contributed by atoms with Gasteiger partial charge in [0, 0.05) is 7.05 Å². The van der Waals surface area contributed by atoms with Gasteiger partial charge in [0.15, 0.2) is 0 Å². The first-order valence-corrected chi connectivity index (χ1v) is 6.24. The highest BCUT2D eigenvalue weighted by atomic mass is 16.4. The smallest absolute Gasteiger partial charge is 0.319 e. The van der Waals surface area contributed by atoms with Gasteiger partial charge in [0.25, 0.3) is 0 Å². The second-order valence-corrected chi connectivity index (χ2v) is 5.27. The quantitative estimate of drug-likeness (QED) is 0.816. The van der Waals surface area contributed by atoms with Gasteiger partial charge in [0.05, 0.1) is 0 Å². The summed E-state index contributed by atoms with van der Waals surface area (Å²) in [5.74, 6) is -1.58. The molecule has 0 aliphatic carbocycles. The van der Waals surface area contributed by atoms with Crippen LogP contribution in [0.15, 0.2) is 12.1 Å². The Bertz CT molecular complexity index is 499. The molecule has 19 heavy (non-hydrogen) atoms. The zero-order valence-corrected chi connectivity index (χ0v) is 12.1. The van der Waals surface area contributed by atoms with E-state index in [4.69, 9.17) is 0 Å². The van der Waals surface area contributed by atoms with E-state index in [9.17, 15) is 14.7 Å². The molecule has 4 heteroatoms. The van der Waals surface area contributed by atoms with Crippen LogP contribution in [0.5, 0.6) is 0 Å². The van der Waals surface area contributed by atoms with Crippen molar-refractivity contribution in [3.8, 4) is 0 Å². The number of carbonyl (C=O) groups is 2. The fourth-order valence-corrected chi connectivity index (χ4v) is 2.37. The van der Waals surface area contributed by atoms with Gasteiger partial charge in [0.2, 0.25) is 5.91 Å². The van der Waals surface area contributed by atoms with Gasteiger partial charge in [-0.15, -0.1) is 0 Å². The number of amides is 1. The zero-order valence-electron chi connectivity index (χ0n) is 12.1. The van der Waals surface area contributed by atoms with Crippen molar-refractivity contribution in [2.24, 2.45) is 5.41 Å². The first-order chi connectivity index (χ1) is 8.72. The van der Waals surface area contributed by atoms with Gasteiger partial charge in [0.1, 0.15) is 5.41 Å². The van der Waals surface area contributed by atoms with Crippen LogP contribution in [-0.2, 0) is 16.0 Å². The molecule has 1 aromatic carbocycles. The molecule has 0 aliphatic heterocycles. The Kier molecular flexibility index (Phi) is 4.35. The summed E-state index contributed by atoms with van der Waals surface area (Å²) in [6, 6.07) is 4.02. The Morgan fingerprint density at radius 2 is 1.68 bits per heavy atom. The fraction of sp³-hybridized carbons (Fsp3) is 0.467. The minimum Gasteiger partial charge on any atom is -0.480 e. The molecule has 2 N–H and O–H groups in total. The van der Waals surface area contributed by atoms with E-state index in [1.54, 1.807) is 0 Å². The van der Waals surface area contributed by atoms with E-state index in [0.717, 1.165) is 22.3 Å². The van der Waals surface area contributed by atoms with E-state index in [0.29, 0.717) is 0 Å². The number of carboxylic acid groups (broad SMARTS) is 1. The largest absolute Gasteiger partial charge is 0.480 e. The van der Waals surface area contributed by atoms with Crippen molar-refractivity contribution < 1.29 is 14.7 Å². The second kappa shape index (κ2) is 5.43.